The number of carbonyl (C=O) groups excluding carboxylic acids is 2. The molecule has 0 bridgehead atoms. The van der Waals surface area contributed by atoms with Gasteiger partial charge in [-0.15, -0.1) is 0 Å². The Balaban J connectivity index is 2.16. The van der Waals surface area contributed by atoms with Gasteiger partial charge in [-0.3, -0.25) is 13.9 Å². The van der Waals surface area contributed by atoms with Gasteiger partial charge in [0, 0.05) is 30.6 Å². The largest absolute Gasteiger partial charge is 0.497 e. The molecule has 0 saturated heterocycles. The van der Waals surface area contributed by atoms with Crippen LogP contribution in [0.2, 0.25) is 5.02 Å². The molecule has 36 heavy (non-hydrogen) atoms. The lowest BCUT2D eigenvalue weighted by molar-refractivity contribution is -0.140. The standard InChI is InChI=1S/C26H36ClN3O5S/c1-6-19(2)28-26(32)20(3)29(18-21-9-11-22(27)12-10-21)25(31)8-7-17-30(36(5,33)34)23-13-15-24(35-4)16-14-23/h9-16,19-20H,6-8,17-18H2,1-5H3,(H,28,32)/t19-,20+/m0/s1. The van der Waals surface area contributed by atoms with Gasteiger partial charge in [-0.05, 0) is 68.7 Å². The van der Waals surface area contributed by atoms with Gasteiger partial charge in [0.2, 0.25) is 21.8 Å². The topological polar surface area (TPSA) is 96.0 Å². The summed E-state index contributed by atoms with van der Waals surface area (Å²) in [5.74, 6) is 0.146. The van der Waals surface area contributed by atoms with E-state index in [-0.39, 0.29) is 43.8 Å². The molecule has 0 aromatic heterocycles. The van der Waals surface area contributed by atoms with Gasteiger partial charge in [0.05, 0.1) is 19.1 Å². The number of halogens is 1. The zero-order chi connectivity index (χ0) is 26.9. The van der Waals surface area contributed by atoms with Crippen molar-refractivity contribution in [2.75, 3.05) is 24.2 Å². The lowest BCUT2D eigenvalue weighted by Crippen LogP contribution is -2.49. The summed E-state index contributed by atoms with van der Waals surface area (Å²) in [6.07, 6.45) is 2.27. The molecular weight excluding hydrogens is 502 g/mol. The molecule has 0 radical (unpaired) electrons. The zero-order valence-corrected chi connectivity index (χ0v) is 23.1. The SMILES string of the molecule is CC[C@H](C)NC(=O)[C@@H](C)N(Cc1ccc(Cl)cc1)C(=O)CCCN(c1ccc(OC)cc1)S(C)(=O)=O. The number of hydrogen-bond donors (Lipinski definition) is 1. The van der Waals surface area contributed by atoms with E-state index < -0.39 is 16.1 Å². The number of hydrogen-bond acceptors (Lipinski definition) is 5. The molecule has 1 N–H and O–H groups in total. The zero-order valence-electron chi connectivity index (χ0n) is 21.5. The van der Waals surface area contributed by atoms with Crippen LogP contribution in [0.3, 0.4) is 0 Å². The number of carbonyl (C=O) groups is 2. The Morgan fingerprint density at radius 2 is 1.67 bits per heavy atom. The lowest BCUT2D eigenvalue weighted by Gasteiger charge is -2.30. The van der Waals surface area contributed by atoms with Gasteiger partial charge in [-0.25, -0.2) is 8.42 Å². The molecule has 2 aromatic rings. The molecular formula is C26H36ClN3O5S. The van der Waals surface area contributed by atoms with E-state index in [4.69, 9.17) is 16.3 Å². The molecule has 0 aliphatic rings. The molecule has 2 amide bonds. The monoisotopic (exact) mass is 537 g/mol. The van der Waals surface area contributed by atoms with Crippen molar-refractivity contribution in [3.8, 4) is 5.75 Å². The number of amides is 2. The summed E-state index contributed by atoms with van der Waals surface area (Å²) in [7, 11) is -2.03. The molecule has 0 heterocycles. The van der Waals surface area contributed by atoms with Crippen molar-refractivity contribution in [1.29, 1.82) is 0 Å². The fourth-order valence-electron chi connectivity index (χ4n) is 3.59. The van der Waals surface area contributed by atoms with Gasteiger partial charge in [0.1, 0.15) is 11.8 Å². The van der Waals surface area contributed by atoms with E-state index in [0.29, 0.717) is 16.5 Å². The third kappa shape index (κ3) is 8.71. The van der Waals surface area contributed by atoms with Crippen LogP contribution in [-0.2, 0) is 26.2 Å². The summed E-state index contributed by atoms with van der Waals surface area (Å²) in [5, 5.41) is 3.51. The smallest absolute Gasteiger partial charge is 0.242 e. The average molecular weight is 538 g/mol. The summed E-state index contributed by atoms with van der Waals surface area (Å²) in [5.41, 5.74) is 1.33. The molecule has 2 rings (SSSR count). The maximum absolute atomic E-state index is 13.3. The van der Waals surface area contributed by atoms with E-state index in [2.05, 4.69) is 5.32 Å². The number of sulfonamides is 1. The molecule has 0 spiro atoms. The minimum Gasteiger partial charge on any atom is -0.497 e. The summed E-state index contributed by atoms with van der Waals surface area (Å²) < 4.78 is 31.3. The summed E-state index contributed by atoms with van der Waals surface area (Å²) in [4.78, 5) is 27.7. The van der Waals surface area contributed by atoms with Crippen LogP contribution in [0.25, 0.3) is 0 Å². The van der Waals surface area contributed by atoms with Crippen LogP contribution >= 0.6 is 11.6 Å². The second-order valence-electron chi connectivity index (χ2n) is 8.78. The van der Waals surface area contributed by atoms with Gasteiger partial charge < -0.3 is 15.0 Å². The first-order valence-electron chi connectivity index (χ1n) is 11.9. The Bertz CT molecular complexity index is 1110. The summed E-state index contributed by atoms with van der Waals surface area (Å²) in [6.45, 7) is 5.95. The van der Waals surface area contributed by atoms with Gasteiger partial charge >= 0.3 is 0 Å². The van der Waals surface area contributed by atoms with Crippen LogP contribution < -0.4 is 14.4 Å². The maximum Gasteiger partial charge on any atom is 0.242 e. The van der Waals surface area contributed by atoms with Gasteiger partial charge in [0.15, 0.2) is 0 Å². The third-order valence-electron chi connectivity index (χ3n) is 5.95. The molecule has 2 aromatic carbocycles. The van der Waals surface area contributed by atoms with Crippen molar-refractivity contribution < 1.29 is 22.7 Å². The van der Waals surface area contributed by atoms with E-state index in [1.807, 2.05) is 26.0 Å². The van der Waals surface area contributed by atoms with E-state index in [1.165, 1.54) is 16.3 Å². The third-order valence-corrected chi connectivity index (χ3v) is 7.39. The van der Waals surface area contributed by atoms with Crippen LogP contribution in [0.5, 0.6) is 5.75 Å². The number of nitrogens with one attached hydrogen (secondary N) is 1. The van der Waals surface area contributed by atoms with Crippen molar-refractivity contribution in [3.63, 3.8) is 0 Å². The number of nitrogens with zero attached hydrogens (tertiary/aromatic N) is 2. The minimum absolute atomic E-state index is 0.0137. The van der Waals surface area contributed by atoms with Crippen LogP contribution in [0, 0.1) is 0 Å². The highest BCUT2D eigenvalue weighted by Crippen LogP contribution is 2.22. The Labute approximate surface area is 219 Å². The quantitative estimate of drug-likeness (QED) is 0.412. The fourth-order valence-corrected chi connectivity index (χ4v) is 4.68. The minimum atomic E-state index is -3.56. The predicted molar refractivity (Wildman–Crippen MR) is 144 cm³/mol. The number of methoxy groups -OCH3 is 1. The lowest BCUT2D eigenvalue weighted by atomic mass is 10.1. The Kier molecular flexibility index (Phi) is 11.0. The summed E-state index contributed by atoms with van der Waals surface area (Å²) >= 11 is 5.99. The normalized spacial score (nSPS) is 12.9. The molecule has 0 fully saturated rings. The van der Waals surface area contributed by atoms with Crippen LogP contribution in [0.15, 0.2) is 48.5 Å². The summed E-state index contributed by atoms with van der Waals surface area (Å²) in [6, 6.07) is 13.1. The Hall–Kier alpha value is -2.78. The molecule has 198 valence electrons. The van der Waals surface area contributed by atoms with E-state index in [9.17, 15) is 18.0 Å². The van der Waals surface area contributed by atoms with Gasteiger partial charge in [0.25, 0.3) is 0 Å². The van der Waals surface area contributed by atoms with Crippen LogP contribution in [0.4, 0.5) is 5.69 Å². The second-order valence-corrected chi connectivity index (χ2v) is 11.1. The fraction of sp³-hybridized carbons (Fsp3) is 0.462. The molecule has 2 atom stereocenters. The predicted octanol–water partition coefficient (Wildman–Crippen LogP) is 4.23. The van der Waals surface area contributed by atoms with Crippen LogP contribution in [-0.4, -0.2) is 57.1 Å². The number of rotatable bonds is 13. The van der Waals surface area contributed by atoms with Crippen molar-refractivity contribution in [2.24, 2.45) is 0 Å². The average Bonchev–Trinajstić information content (AvgIpc) is 2.85. The molecule has 0 aliphatic carbocycles. The molecule has 0 saturated carbocycles. The highest BCUT2D eigenvalue weighted by Gasteiger charge is 2.27. The highest BCUT2D eigenvalue weighted by molar-refractivity contribution is 7.92. The van der Waals surface area contributed by atoms with E-state index in [0.717, 1.165) is 18.2 Å². The first-order valence-corrected chi connectivity index (χ1v) is 14.1. The van der Waals surface area contributed by atoms with Gasteiger partial charge in [-0.1, -0.05) is 30.7 Å². The highest BCUT2D eigenvalue weighted by atomic mass is 35.5. The van der Waals surface area contributed by atoms with Gasteiger partial charge in [-0.2, -0.15) is 0 Å². The number of ether oxygens (including phenoxy) is 1. The van der Waals surface area contributed by atoms with Crippen molar-refractivity contribution in [3.05, 3.63) is 59.1 Å². The Morgan fingerprint density at radius 3 is 2.19 bits per heavy atom. The number of benzene rings is 2. The van der Waals surface area contributed by atoms with Crippen LogP contribution in [0.1, 0.15) is 45.6 Å². The maximum atomic E-state index is 13.3. The first-order chi connectivity index (χ1) is 17.0. The molecule has 8 nitrogen and oxygen atoms in total. The van der Waals surface area contributed by atoms with E-state index in [1.54, 1.807) is 43.3 Å². The molecule has 0 unspecified atom stereocenters. The van der Waals surface area contributed by atoms with E-state index >= 15 is 0 Å². The van der Waals surface area contributed by atoms with Crippen molar-refractivity contribution >= 4 is 39.1 Å². The number of anilines is 1. The first kappa shape index (κ1) is 29.5. The van der Waals surface area contributed by atoms with Crippen molar-refractivity contribution in [2.45, 2.75) is 58.7 Å². The Morgan fingerprint density at radius 1 is 1.06 bits per heavy atom. The molecule has 0 aliphatic heterocycles. The molecule has 10 heteroatoms. The van der Waals surface area contributed by atoms with Crippen molar-refractivity contribution in [1.82, 2.24) is 10.2 Å². The second kappa shape index (κ2) is 13.5.